The summed E-state index contributed by atoms with van der Waals surface area (Å²) < 4.78 is 0.646. The molecule has 0 spiro atoms. The van der Waals surface area contributed by atoms with Crippen LogP contribution in [0.2, 0.25) is 4.34 Å². The second kappa shape index (κ2) is 6.36. The summed E-state index contributed by atoms with van der Waals surface area (Å²) in [7, 11) is 0. The van der Waals surface area contributed by atoms with Crippen molar-refractivity contribution in [1.82, 2.24) is 5.32 Å². The van der Waals surface area contributed by atoms with Gasteiger partial charge in [-0.2, -0.15) is 0 Å². The smallest absolute Gasteiger partial charge is 0.223 e. The Balaban J connectivity index is 1.80. The van der Waals surface area contributed by atoms with Gasteiger partial charge < -0.3 is 10.4 Å². The molecule has 0 saturated heterocycles. The number of hydrogen-bond donors (Lipinski definition) is 2. The number of aliphatic hydroxyl groups excluding tert-OH is 1. The van der Waals surface area contributed by atoms with Crippen LogP contribution in [-0.2, 0) is 4.79 Å². The minimum Gasteiger partial charge on any atom is -0.386 e. The number of halogens is 1. The van der Waals surface area contributed by atoms with Gasteiger partial charge in [-0.25, -0.2) is 0 Å². The third kappa shape index (κ3) is 3.57. The first-order chi connectivity index (χ1) is 8.66. The molecule has 2 N–H and O–H groups in total. The number of carbonyl (C=O) groups is 1. The summed E-state index contributed by atoms with van der Waals surface area (Å²) >= 11 is 7.14. The van der Waals surface area contributed by atoms with Crippen molar-refractivity contribution in [2.75, 3.05) is 6.54 Å². The van der Waals surface area contributed by atoms with Crippen molar-refractivity contribution in [3.8, 4) is 0 Å². The molecule has 1 aromatic heterocycles. The minimum atomic E-state index is -0.675. The first-order valence-electron chi connectivity index (χ1n) is 6.03. The van der Waals surface area contributed by atoms with Crippen LogP contribution in [0, 0.1) is 5.92 Å². The molecule has 0 fully saturated rings. The number of hydrogen-bond acceptors (Lipinski definition) is 3. The first-order valence-corrected chi connectivity index (χ1v) is 7.22. The molecule has 2 rings (SSSR count). The van der Waals surface area contributed by atoms with E-state index in [4.69, 9.17) is 11.6 Å². The van der Waals surface area contributed by atoms with E-state index < -0.39 is 6.10 Å². The Bertz CT molecular complexity index is 444. The van der Waals surface area contributed by atoms with Crippen molar-refractivity contribution >= 4 is 28.8 Å². The third-order valence-corrected chi connectivity index (χ3v) is 4.36. The first kappa shape index (κ1) is 13.6. The van der Waals surface area contributed by atoms with Gasteiger partial charge in [-0.1, -0.05) is 23.8 Å². The molecule has 1 aromatic rings. The van der Waals surface area contributed by atoms with Crippen LogP contribution in [-0.4, -0.2) is 17.6 Å². The lowest BCUT2D eigenvalue weighted by Crippen LogP contribution is -2.34. The van der Waals surface area contributed by atoms with Crippen LogP contribution in [0.1, 0.15) is 30.2 Å². The topological polar surface area (TPSA) is 49.3 Å². The predicted octanol–water partition coefficient (Wildman–Crippen LogP) is 2.91. The van der Waals surface area contributed by atoms with Crippen molar-refractivity contribution in [3.05, 3.63) is 33.5 Å². The molecule has 1 aliphatic carbocycles. The number of nitrogens with one attached hydrogen (secondary N) is 1. The van der Waals surface area contributed by atoms with Crippen molar-refractivity contribution in [1.29, 1.82) is 0 Å². The molecule has 1 aliphatic rings. The molecule has 98 valence electrons. The fourth-order valence-corrected chi connectivity index (χ4v) is 3.03. The zero-order valence-electron chi connectivity index (χ0n) is 9.93. The van der Waals surface area contributed by atoms with E-state index in [9.17, 15) is 9.90 Å². The molecule has 0 radical (unpaired) electrons. The Morgan fingerprint density at radius 3 is 3.00 bits per heavy atom. The highest BCUT2D eigenvalue weighted by Crippen LogP contribution is 2.26. The molecule has 0 saturated carbocycles. The number of thiophene rings is 1. The number of amides is 1. The SMILES string of the molecule is O=C(NC[C@@H](O)c1ccc(Cl)s1)[C@H]1CC=CCC1. The molecule has 2 atom stereocenters. The fourth-order valence-electron chi connectivity index (χ4n) is 1.98. The Hall–Kier alpha value is -0.840. The van der Waals surface area contributed by atoms with E-state index in [-0.39, 0.29) is 18.4 Å². The molecular formula is C13H16ClNO2S. The Morgan fingerprint density at radius 2 is 2.39 bits per heavy atom. The zero-order chi connectivity index (χ0) is 13.0. The van der Waals surface area contributed by atoms with E-state index in [2.05, 4.69) is 11.4 Å². The van der Waals surface area contributed by atoms with E-state index in [1.165, 1.54) is 11.3 Å². The highest BCUT2D eigenvalue weighted by molar-refractivity contribution is 7.16. The molecule has 0 aliphatic heterocycles. The monoisotopic (exact) mass is 285 g/mol. The lowest BCUT2D eigenvalue weighted by Gasteiger charge is -2.18. The van der Waals surface area contributed by atoms with Crippen molar-refractivity contribution < 1.29 is 9.90 Å². The van der Waals surface area contributed by atoms with Gasteiger partial charge in [-0.3, -0.25) is 4.79 Å². The third-order valence-electron chi connectivity index (χ3n) is 3.03. The zero-order valence-corrected chi connectivity index (χ0v) is 11.5. The molecule has 5 heteroatoms. The van der Waals surface area contributed by atoms with Crippen LogP contribution in [0.5, 0.6) is 0 Å². The van der Waals surface area contributed by atoms with Gasteiger partial charge in [0, 0.05) is 17.3 Å². The summed E-state index contributed by atoms with van der Waals surface area (Å²) in [4.78, 5) is 12.6. The van der Waals surface area contributed by atoms with Gasteiger partial charge in [-0.05, 0) is 31.4 Å². The van der Waals surface area contributed by atoms with Gasteiger partial charge in [0.15, 0.2) is 0 Å². The summed E-state index contributed by atoms with van der Waals surface area (Å²) in [6.45, 7) is 0.246. The molecule has 0 bridgehead atoms. The van der Waals surface area contributed by atoms with Gasteiger partial charge in [0.05, 0.1) is 4.34 Å². The van der Waals surface area contributed by atoms with E-state index >= 15 is 0 Å². The van der Waals surface area contributed by atoms with Gasteiger partial charge >= 0.3 is 0 Å². The van der Waals surface area contributed by atoms with Crippen LogP contribution in [0.3, 0.4) is 0 Å². The summed E-state index contributed by atoms with van der Waals surface area (Å²) in [5.41, 5.74) is 0. The van der Waals surface area contributed by atoms with Crippen molar-refractivity contribution in [3.63, 3.8) is 0 Å². The van der Waals surface area contributed by atoms with Gasteiger partial charge in [0.2, 0.25) is 5.91 Å². The highest BCUT2D eigenvalue weighted by atomic mass is 35.5. The lowest BCUT2D eigenvalue weighted by molar-refractivity contribution is -0.125. The highest BCUT2D eigenvalue weighted by Gasteiger charge is 2.19. The standard InChI is InChI=1S/C13H16ClNO2S/c14-12-7-6-11(18-12)10(16)8-15-13(17)9-4-2-1-3-5-9/h1-2,6-7,9-10,16H,3-5,8H2,(H,15,17)/t9-,10+/m0/s1. The van der Waals surface area contributed by atoms with Crippen LogP contribution < -0.4 is 5.32 Å². The maximum absolute atomic E-state index is 11.9. The van der Waals surface area contributed by atoms with Crippen LogP contribution in [0.15, 0.2) is 24.3 Å². The van der Waals surface area contributed by atoms with Crippen LogP contribution >= 0.6 is 22.9 Å². The maximum atomic E-state index is 11.9. The van der Waals surface area contributed by atoms with Crippen LogP contribution in [0.25, 0.3) is 0 Å². The van der Waals surface area contributed by atoms with Gasteiger partial charge in [0.1, 0.15) is 6.10 Å². The molecule has 1 heterocycles. The summed E-state index contributed by atoms with van der Waals surface area (Å²) in [6.07, 6.45) is 6.12. The normalized spacial score (nSPS) is 20.7. The molecular weight excluding hydrogens is 270 g/mol. The average Bonchev–Trinajstić information content (AvgIpc) is 2.83. The van der Waals surface area contributed by atoms with E-state index in [0.29, 0.717) is 4.34 Å². The van der Waals surface area contributed by atoms with Gasteiger partial charge in [-0.15, -0.1) is 11.3 Å². The average molecular weight is 286 g/mol. The Morgan fingerprint density at radius 1 is 1.56 bits per heavy atom. The number of aliphatic hydroxyl groups is 1. The summed E-state index contributed by atoms with van der Waals surface area (Å²) in [5.74, 6) is 0.0789. The minimum absolute atomic E-state index is 0.0288. The Kier molecular flexibility index (Phi) is 4.80. The molecule has 0 unspecified atom stereocenters. The summed E-state index contributed by atoms with van der Waals surface area (Å²) in [6, 6.07) is 3.53. The molecule has 3 nitrogen and oxygen atoms in total. The van der Waals surface area contributed by atoms with Crippen molar-refractivity contribution in [2.24, 2.45) is 5.92 Å². The Labute approximate surface area is 115 Å². The van der Waals surface area contributed by atoms with Crippen molar-refractivity contribution in [2.45, 2.75) is 25.4 Å². The fraction of sp³-hybridized carbons (Fsp3) is 0.462. The largest absolute Gasteiger partial charge is 0.386 e. The van der Waals surface area contributed by atoms with E-state index in [1.54, 1.807) is 12.1 Å². The van der Waals surface area contributed by atoms with Crippen LogP contribution in [0.4, 0.5) is 0 Å². The number of rotatable bonds is 4. The second-order valence-corrected chi connectivity index (χ2v) is 6.13. The van der Waals surface area contributed by atoms with E-state index in [0.717, 1.165) is 24.1 Å². The second-order valence-electron chi connectivity index (χ2n) is 4.38. The molecule has 0 aromatic carbocycles. The molecule has 18 heavy (non-hydrogen) atoms. The number of allylic oxidation sites excluding steroid dienone is 2. The van der Waals surface area contributed by atoms with E-state index in [1.807, 2.05) is 6.08 Å². The quantitative estimate of drug-likeness (QED) is 0.836. The molecule has 1 amide bonds. The summed E-state index contributed by atoms with van der Waals surface area (Å²) in [5, 5.41) is 12.7. The van der Waals surface area contributed by atoms with Gasteiger partial charge in [0.25, 0.3) is 0 Å². The lowest BCUT2D eigenvalue weighted by atomic mass is 9.93. The number of carbonyl (C=O) groups excluding carboxylic acids is 1. The maximum Gasteiger partial charge on any atom is 0.223 e. The predicted molar refractivity (Wildman–Crippen MR) is 73.8 cm³/mol.